The van der Waals surface area contributed by atoms with Gasteiger partial charge in [-0.15, -0.1) is 0 Å². The fourth-order valence-corrected chi connectivity index (χ4v) is 5.10. The Morgan fingerprint density at radius 3 is 1.80 bits per heavy atom. The Balaban J connectivity index is 2.24. The lowest BCUT2D eigenvalue weighted by atomic mass is 10.2. The zero-order valence-electron chi connectivity index (χ0n) is 14.0. The molecule has 0 amide bonds. The van der Waals surface area contributed by atoms with Crippen molar-refractivity contribution in [3.05, 3.63) is 108 Å². The first-order chi connectivity index (χ1) is 12.3. The SMILES string of the molecule is COC(=O)C1=C(P(c2ccccc2)c2ccccc2)C=CC=CC=C1. The van der Waals surface area contributed by atoms with E-state index in [1.54, 1.807) is 0 Å². The van der Waals surface area contributed by atoms with E-state index in [4.69, 9.17) is 4.74 Å². The number of allylic oxidation sites excluding steroid dienone is 6. The first-order valence-corrected chi connectivity index (χ1v) is 9.39. The van der Waals surface area contributed by atoms with Gasteiger partial charge in [-0.1, -0.05) is 91.0 Å². The molecule has 0 atom stereocenters. The summed E-state index contributed by atoms with van der Waals surface area (Å²) in [5, 5.41) is 3.38. The van der Waals surface area contributed by atoms with Gasteiger partial charge in [-0.3, -0.25) is 0 Å². The quantitative estimate of drug-likeness (QED) is 0.612. The first-order valence-electron chi connectivity index (χ1n) is 8.05. The van der Waals surface area contributed by atoms with E-state index in [0.29, 0.717) is 5.57 Å². The first kappa shape index (κ1) is 17.1. The Hall–Kier alpha value is -2.70. The second kappa shape index (κ2) is 8.41. The maximum absolute atomic E-state index is 12.4. The third-order valence-corrected chi connectivity index (χ3v) is 6.30. The molecule has 0 fully saturated rings. The number of rotatable bonds is 4. The van der Waals surface area contributed by atoms with Crippen LogP contribution in [-0.4, -0.2) is 13.1 Å². The Labute approximate surface area is 149 Å². The van der Waals surface area contributed by atoms with Crippen LogP contribution in [0, 0.1) is 0 Å². The summed E-state index contributed by atoms with van der Waals surface area (Å²) in [5.41, 5.74) is 0.599. The second-order valence-corrected chi connectivity index (χ2v) is 7.59. The smallest absolute Gasteiger partial charge is 0.338 e. The molecule has 2 aromatic carbocycles. The van der Waals surface area contributed by atoms with Gasteiger partial charge in [0.05, 0.1) is 12.7 Å². The van der Waals surface area contributed by atoms with Crippen molar-refractivity contribution in [2.24, 2.45) is 0 Å². The van der Waals surface area contributed by atoms with Crippen LogP contribution in [0.4, 0.5) is 0 Å². The topological polar surface area (TPSA) is 26.3 Å². The molecule has 3 rings (SSSR count). The summed E-state index contributed by atoms with van der Waals surface area (Å²) < 4.78 is 5.04. The van der Waals surface area contributed by atoms with Crippen LogP contribution in [-0.2, 0) is 9.53 Å². The fourth-order valence-electron chi connectivity index (χ4n) is 2.66. The van der Waals surface area contributed by atoms with Gasteiger partial charge in [-0.05, 0) is 29.9 Å². The summed E-state index contributed by atoms with van der Waals surface area (Å²) in [6.45, 7) is 0. The monoisotopic (exact) mass is 346 g/mol. The third kappa shape index (κ3) is 4.04. The molecule has 0 radical (unpaired) electrons. The Bertz CT molecular complexity index is 807. The van der Waals surface area contributed by atoms with Gasteiger partial charge in [0.25, 0.3) is 0 Å². The van der Waals surface area contributed by atoms with E-state index in [9.17, 15) is 4.79 Å². The summed E-state index contributed by atoms with van der Waals surface area (Å²) in [7, 11) is 0.554. The normalized spacial score (nSPS) is 13.7. The van der Waals surface area contributed by atoms with E-state index >= 15 is 0 Å². The van der Waals surface area contributed by atoms with Crippen molar-refractivity contribution in [3.63, 3.8) is 0 Å². The third-order valence-electron chi connectivity index (χ3n) is 3.80. The van der Waals surface area contributed by atoms with Crippen molar-refractivity contribution in [2.45, 2.75) is 0 Å². The van der Waals surface area contributed by atoms with E-state index in [1.165, 1.54) is 17.7 Å². The van der Waals surface area contributed by atoms with Crippen LogP contribution in [0.2, 0.25) is 0 Å². The van der Waals surface area contributed by atoms with Crippen LogP contribution in [0.25, 0.3) is 0 Å². The molecule has 1 aliphatic carbocycles. The van der Waals surface area contributed by atoms with E-state index in [0.717, 1.165) is 5.31 Å². The van der Waals surface area contributed by atoms with Gasteiger partial charge in [0, 0.05) is 0 Å². The zero-order valence-corrected chi connectivity index (χ0v) is 14.9. The average molecular weight is 346 g/mol. The predicted octanol–water partition coefficient (Wildman–Crippen LogP) is 4.23. The molecule has 0 bridgehead atoms. The van der Waals surface area contributed by atoms with Crippen LogP contribution in [0.5, 0.6) is 0 Å². The van der Waals surface area contributed by atoms with Gasteiger partial charge in [-0.2, -0.15) is 0 Å². The minimum atomic E-state index is -0.869. The highest BCUT2D eigenvalue weighted by atomic mass is 31.1. The molecule has 0 aromatic heterocycles. The van der Waals surface area contributed by atoms with Crippen LogP contribution < -0.4 is 10.6 Å². The lowest BCUT2D eigenvalue weighted by molar-refractivity contribution is -0.135. The second-order valence-electron chi connectivity index (χ2n) is 5.40. The van der Waals surface area contributed by atoms with Crippen LogP contribution in [0.15, 0.2) is 108 Å². The number of ether oxygens (including phenoxy) is 1. The molecular formula is C22H19O2P. The van der Waals surface area contributed by atoms with Crippen molar-refractivity contribution >= 4 is 24.5 Å². The molecule has 0 N–H and O–H groups in total. The van der Waals surface area contributed by atoms with Crippen LogP contribution >= 0.6 is 7.92 Å². The van der Waals surface area contributed by atoms with Crippen LogP contribution in [0.3, 0.4) is 0 Å². The zero-order chi connectivity index (χ0) is 17.5. The molecule has 1 aliphatic rings. The van der Waals surface area contributed by atoms with E-state index in [-0.39, 0.29) is 5.97 Å². The Morgan fingerprint density at radius 1 is 0.760 bits per heavy atom. The van der Waals surface area contributed by atoms with E-state index < -0.39 is 7.92 Å². The van der Waals surface area contributed by atoms with Gasteiger partial charge in [0.1, 0.15) is 0 Å². The molecule has 25 heavy (non-hydrogen) atoms. The summed E-state index contributed by atoms with van der Waals surface area (Å²) >= 11 is 0. The van der Waals surface area contributed by atoms with E-state index in [2.05, 4.69) is 24.3 Å². The summed E-state index contributed by atoms with van der Waals surface area (Å²) in [6.07, 6.45) is 11.6. The van der Waals surface area contributed by atoms with Gasteiger partial charge in [0.15, 0.2) is 0 Å². The molecule has 0 unspecified atom stereocenters. The highest BCUT2D eigenvalue weighted by Crippen LogP contribution is 2.46. The largest absolute Gasteiger partial charge is 0.465 e. The summed E-state index contributed by atoms with van der Waals surface area (Å²) in [5.74, 6) is -0.314. The summed E-state index contributed by atoms with van der Waals surface area (Å²) in [4.78, 5) is 12.4. The lowest BCUT2D eigenvalue weighted by Gasteiger charge is -2.22. The predicted molar refractivity (Wildman–Crippen MR) is 106 cm³/mol. The van der Waals surface area contributed by atoms with Crippen molar-refractivity contribution in [1.29, 1.82) is 0 Å². The number of esters is 1. The molecule has 3 heteroatoms. The molecule has 0 spiro atoms. The maximum Gasteiger partial charge on any atom is 0.338 e. The number of methoxy groups -OCH3 is 1. The number of hydrogen-bond donors (Lipinski definition) is 0. The standard InChI is InChI=1S/C22H19O2P/c1-24-22(23)20-16-10-2-3-11-17-21(20)25(18-12-6-4-7-13-18)19-14-8-5-9-15-19/h2-17H,1H3. The average Bonchev–Trinajstić information content (AvgIpc) is 2.65. The Kier molecular flexibility index (Phi) is 5.77. The molecule has 0 saturated heterocycles. The number of benzene rings is 2. The number of carbonyl (C=O) groups is 1. The number of carbonyl (C=O) groups excluding carboxylic acids is 1. The Morgan fingerprint density at radius 2 is 1.28 bits per heavy atom. The highest BCUT2D eigenvalue weighted by Gasteiger charge is 2.23. The molecule has 124 valence electrons. The number of hydrogen-bond acceptors (Lipinski definition) is 2. The highest BCUT2D eigenvalue weighted by molar-refractivity contribution is 7.77. The van der Waals surface area contributed by atoms with Crippen LogP contribution in [0.1, 0.15) is 0 Å². The maximum atomic E-state index is 12.4. The van der Waals surface area contributed by atoms with Gasteiger partial charge < -0.3 is 4.74 Å². The molecule has 0 aliphatic heterocycles. The molecule has 2 nitrogen and oxygen atoms in total. The van der Waals surface area contributed by atoms with Gasteiger partial charge >= 0.3 is 5.97 Å². The fraction of sp³-hybridized carbons (Fsp3) is 0.0455. The van der Waals surface area contributed by atoms with Gasteiger partial charge in [-0.25, -0.2) is 4.79 Å². The van der Waals surface area contributed by atoms with Gasteiger partial charge in [0.2, 0.25) is 0 Å². The van der Waals surface area contributed by atoms with Crippen molar-refractivity contribution in [3.8, 4) is 0 Å². The minimum Gasteiger partial charge on any atom is -0.465 e. The van der Waals surface area contributed by atoms with Crippen molar-refractivity contribution in [2.75, 3.05) is 7.11 Å². The summed E-state index contributed by atoms with van der Waals surface area (Å²) in [6, 6.07) is 20.6. The minimum absolute atomic E-state index is 0.314. The molecule has 0 saturated carbocycles. The molecule has 0 heterocycles. The molecule has 2 aromatic rings. The van der Waals surface area contributed by atoms with Crippen molar-refractivity contribution in [1.82, 2.24) is 0 Å². The molecular weight excluding hydrogens is 327 g/mol. The van der Waals surface area contributed by atoms with E-state index in [1.807, 2.05) is 72.9 Å². The van der Waals surface area contributed by atoms with Crippen molar-refractivity contribution < 1.29 is 9.53 Å². The lowest BCUT2D eigenvalue weighted by Crippen LogP contribution is -2.15.